The summed E-state index contributed by atoms with van der Waals surface area (Å²) in [6.07, 6.45) is 13.1. The quantitative estimate of drug-likeness (QED) is 0.0339. The van der Waals surface area contributed by atoms with Crippen LogP contribution in [0.3, 0.4) is 0 Å². The van der Waals surface area contributed by atoms with Gasteiger partial charge >= 0.3 is 24.1 Å². The summed E-state index contributed by atoms with van der Waals surface area (Å²) in [7, 11) is 0. The molecule has 0 unspecified atom stereocenters. The van der Waals surface area contributed by atoms with Crippen LogP contribution in [-0.2, 0) is 19.1 Å². The van der Waals surface area contributed by atoms with Gasteiger partial charge in [-0.2, -0.15) is 13.2 Å². The Morgan fingerprint density at radius 3 is 2.00 bits per heavy atom. The molecule has 0 aromatic heterocycles. The fourth-order valence-corrected chi connectivity index (χ4v) is 10.3. The van der Waals surface area contributed by atoms with Crippen molar-refractivity contribution in [1.29, 1.82) is 0 Å². The number of hydrogen-bond donors (Lipinski definition) is 0. The Morgan fingerprint density at radius 1 is 0.723 bits per heavy atom. The van der Waals surface area contributed by atoms with Crippen LogP contribution in [0, 0.1) is 23.7 Å². The molecule has 0 radical (unpaired) electrons. The highest BCUT2D eigenvalue weighted by molar-refractivity contribution is 6.03. The zero-order valence-electron chi connectivity index (χ0n) is 37.4. The van der Waals surface area contributed by atoms with Crippen LogP contribution in [0.25, 0.3) is 21.9 Å². The number of unbranched alkanes of at least 4 members (excludes halogenated alkanes) is 2. The molecule has 3 saturated carbocycles. The molecule has 0 spiro atoms. The van der Waals surface area contributed by atoms with E-state index in [-0.39, 0.29) is 42.5 Å². The first-order valence-electron chi connectivity index (χ1n) is 23.6. The number of rotatable bonds is 17. The van der Waals surface area contributed by atoms with Gasteiger partial charge in [0.1, 0.15) is 23.7 Å². The predicted molar refractivity (Wildman–Crippen MR) is 244 cm³/mol. The Kier molecular flexibility index (Phi) is 16.3. The molecule has 0 aliphatic heterocycles. The van der Waals surface area contributed by atoms with Gasteiger partial charge in [0.15, 0.2) is 6.29 Å². The highest BCUT2D eigenvalue weighted by Gasteiger charge is 2.38. The van der Waals surface area contributed by atoms with Gasteiger partial charge in [-0.1, -0.05) is 81.7 Å². The van der Waals surface area contributed by atoms with Gasteiger partial charge in [-0.15, -0.1) is 0 Å². The van der Waals surface area contributed by atoms with E-state index >= 15 is 0 Å². The molecule has 0 amide bonds. The van der Waals surface area contributed by atoms with Crippen molar-refractivity contribution in [3.8, 4) is 22.6 Å². The van der Waals surface area contributed by atoms with E-state index in [4.69, 9.17) is 14.2 Å². The fraction of sp³-hybridized carbons (Fsp3) is 0.481. The molecule has 11 heteroatoms. The lowest BCUT2D eigenvalue weighted by molar-refractivity contribution is -0.152. The Labute approximate surface area is 380 Å². The van der Waals surface area contributed by atoms with Crippen molar-refractivity contribution in [2.75, 3.05) is 13.2 Å². The van der Waals surface area contributed by atoms with Gasteiger partial charge < -0.3 is 18.9 Å². The molecule has 346 valence electrons. The van der Waals surface area contributed by atoms with Gasteiger partial charge in [0.05, 0.1) is 29.8 Å². The summed E-state index contributed by atoms with van der Waals surface area (Å²) >= 11 is 0. The number of hydrogen-bond acceptors (Lipinski definition) is 8. The third-order valence-corrected chi connectivity index (χ3v) is 14.2. The number of carbonyl (C=O) groups excluding carboxylic acids is 4. The number of alkyl halides is 3. The lowest BCUT2D eigenvalue weighted by Crippen LogP contribution is -2.31. The summed E-state index contributed by atoms with van der Waals surface area (Å²) in [5.74, 6) is 0.455. The van der Waals surface area contributed by atoms with E-state index in [1.807, 2.05) is 12.1 Å². The van der Waals surface area contributed by atoms with Crippen molar-refractivity contribution in [3.05, 3.63) is 108 Å². The molecule has 7 rings (SSSR count). The van der Waals surface area contributed by atoms with Gasteiger partial charge in [0, 0.05) is 0 Å². The van der Waals surface area contributed by atoms with Crippen LogP contribution in [-0.4, -0.2) is 49.7 Å². The Morgan fingerprint density at radius 2 is 1.37 bits per heavy atom. The lowest BCUT2D eigenvalue weighted by atomic mass is 9.70. The fourth-order valence-electron chi connectivity index (χ4n) is 10.3. The van der Waals surface area contributed by atoms with Crippen LogP contribution < -0.4 is 9.47 Å². The van der Waals surface area contributed by atoms with E-state index in [1.54, 1.807) is 42.5 Å². The molecule has 3 fully saturated rings. The minimum atomic E-state index is -4.82. The summed E-state index contributed by atoms with van der Waals surface area (Å²) in [4.78, 5) is 50.4. The molecule has 0 saturated heterocycles. The van der Waals surface area contributed by atoms with Crippen LogP contribution >= 0.6 is 0 Å². The normalized spacial score (nSPS) is 22.5. The van der Waals surface area contributed by atoms with Crippen molar-refractivity contribution in [2.24, 2.45) is 23.7 Å². The molecule has 8 nitrogen and oxygen atoms in total. The second-order valence-corrected chi connectivity index (χ2v) is 18.3. The maximum Gasteiger partial charge on any atom is 0.422 e. The van der Waals surface area contributed by atoms with Crippen molar-refractivity contribution in [3.63, 3.8) is 0 Å². The number of halogens is 3. The summed E-state index contributed by atoms with van der Waals surface area (Å²) in [6, 6.07) is 24.5. The third-order valence-electron chi connectivity index (χ3n) is 14.2. The lowest BCUT2D eigenvalue weighted by Gasteiger charge is -2.37. The summed E-state index contributed by atoms with van der Waals surface area (Å²) in [5, 5.41) is 1.24. The first kappa shape index (κ1) is 47.7. The average molecular weight is 895 g/mol. The molecule has 0 heterocycles. The minimum Gasteiger partial charge on any atom is -0.460 e. The Balaban J connectivity index is 0.848. The van der Waals surface area contributed by atoms with E-state index in [0.717, 1.165) is 68.4 Å². The third kappa shape index (κ3) is 12.5. The molecule has 0 atom stereocenters. The molecular weight excluding hydrogens is 834 g/mol. The highest BCUT2D eigenvalue weighted by Crippen LogP contribution is 2.42. The Bertz CT molecular complexity index is 2260. The first-order chi connectivity index (χ1) is 31.4. The van der Waals surface area contributed by atoms with Gasteiger partial charge in [-0.25, -0.2) is 9.59 Å². The van der Waals surface area contributed by atoms with Crippen LogP contribution in [0.15, 0.2) is 91.0 Å². The van der Waals surface area contributed by atoms with E-state index in [2.05, 4.69) is 42.5 Å². The smallest absolute Gasteiger partial charge is 0.422 e. The van der Waals surface area contributed by atoms with Crippen molar-refractivity contribution in [2.45, 2.75) is 128 Å². The maximum atomic E-state index is 13.3. The first-order valence-corrected chi connectivity index (χ1v) is 23.6. The molecule has 65 heavy (non-hydrogen) atoms. The molecule has 4 aromatic rings. The standard InChI is InChI=1S/C54H61F3O8/c1-3-4-5-6-36-7-9-37(10-8-36)38-11-13-39(14-12-38)40-17-21-44(22-18-40)53(61)65-50-30-25-45-33-47(28-29-48(45)49(50)34-58)64-52(60)43-19-15-41(16-20-43)42-23-26-46(27-24-42)62-31-32-63-51(59)35(2)54(55,56)57/h11-14,17-18,21-22,25,28-30,33-34,36-37,41-43,46H,2-10,15-16,19-20,23-24,26-27,31-32H2,1H3. The number of fused-ring (bicyclic) bond motifs is 1. The zero-order chi connectivity index (χ0) is 45.9. The maximum absolute atomic E-state index is 13.3. The van der Waals surface area contributed by atoms with Gasteiger partial charge in [-0.05, 0) is 165 Å². The second kappa shape index (κ2) is 22.3. The van der Waals surface area contributed by atoms with Crippen LogP contribution in [0.5, 0.6) is 11.5 Å². The van der Waals surface area contributed by atoms with Crippen molar-refractivity contribution >= 4 is 35.0 Å². The monoisotopic (exact) mass is 894 g/mol. The zero-order valence-corrected chi connectivity index (χ0v) is 37.4. The van der Waals surface area contributed by atoms with Crippen molar-refractivity contribution < 1.29 is 51.3 Å². The van der Waals surface area contributed by atoms with E-state index in [9.17, 15) is 32.3 Å². The summed E-state index contributed by atoms with van der Waals surface area (Å²) in [6.45, 7) is 4.77. The minimum absolute atomic E-state index is 0.0251. The summed E-state index contributed by atoms with van der Waals surface area (Å²) in [5.41, 5.74) is 2.56. The second-order valence-electron chi connectivity index (χ2n) is 18.3. The topological polar surface area (TPSA) is 105 Å². The van der Waals surface area contributed by atoms with Crippen LogP contribution in [0.4, 0.5) is 13.2 Å². The number of aldehydes is 1. The highest BCUT2D eigenvalue weighted by atomic mass is 19.4. The predicted octanol–water partition coefficient (Wildman–Crippen LogP) is 13.3. The Hall–Kier alpha value is -5.29. The molecule has 3 aliphatic rings. The van der Waals surface area contributed by atoms with Crippen LogP contribution in [0.2, 0.25) is 0 Å². The van der Waals surface area contributed by atoms with Crippen molar-refractivity contribution in [1.82, 2.24) is 0 Å². The van der Waals surface area contributed by atoms with Crippen LogP contribution in [0.1, 0.15) is 142 Å². The largest absolute Gasteiger partial charge is 0.460 e. The van der Waals surface area contributed by atoms with Gasteiger partial charge in [0.2, 0.25) is 0 Å². The number of benzene rings is 4. The number of esters is 3. The average Bonchev–Trinajstić information content (AvgIpc) is 3.33. The van der Waals surface area contributed by atoms with E-state index in [0.29, 0.717) is 46.1 Å². The molecular formula is C54H61F3O8. The molecule has 4 aromatic carbocycles. The number of carbonyl (C=O) groups is 4. The van der Waals surface area contributed by atoms with Gasteiger partial charge in [0.25, 0.3) is 0 Å². The van der Waals surface area contributed by atoms with E-state index in [1.165, 1.54) is 56.9 Å². The molecule has 0 N–H and O–H groups in total. The SMILES string of the molecule is C=C(C(=O)OCCOC1CCC(C2CCC(C(=O)Oc3ccc4c(C=O)c(OC(=O)c5ccc(-c6ccc(C7CCC(CCCCC)CC7)cc6)cc5)ccc4c3)CC2)CC1)C(F)(F)F. The molecule has 0 bridgehead atoms. The van der Waals surface area contributed by atoms with E-state index < -0.39 is 23.7 Å². The summed E-state index contributed by atoms with van der Waals surface area (Å²) < 4.78 is 59.8. The number of ether oxygens (including phenoxy) is 4. The molecule has 3 aliphatic carbocycles. The van der Waals surface area contributed by atoms with Gasteiger partial charge in [-0.3, -0.25) is 9.59 Å².